The van der Waals surface area contributed by atoms with Crippen molar-refractivity contribution in [3.8, 4) is 5.75 Å². The quantitative estimate of drug-likeness (QED) is 0.330. The first-order chi connectivity index (χ1) is 24.0. The highest BCUT2D eigenvalue weighted by molar-refractivity contribution is 6.00. The van der Waals surface area contributed by atoms with E-state index in [0.29, 0.717) is 38.0 Å². The van der Waals surface area contributed by atoms with Gasteiger partial charge in [-0.15, -0.1) is 0 Å². The zero-order chi connectivity index (χ0) is 35.9. The Hall–Kier alpha value is -5.02. The van der Waals surface area contributed by atoms with Crippen molar-refractivity contribution in [2.75, 3.05) is 59.0 Å². The van der Waals surface area contributed by atoms with E-state index in [-0.39, 0.29) is 73.9 Å². The summed E-state index contributed by atoms with van der Waals surface area (Å²) < 4.78 is 26.2. The number of rotatable bonds is 11. The zero-order valence-electron chi connectivity index (χ0n) is 28.3. The van der Waals surface area contributed by atoms with Crippen LogP contribution >= 0.6 is 0 Å². The van der Waals surface area contributed by atoms with Crippen molar-refractivity contribution < 1.29 is 47.7 Å². The molecular weight excluding hydrogens is 655 g/mol. The summed E-state index contributed by atoms with van der Waals surface area (Å²) in [5.74, 6) is -3.21. The van der Waals surface area contributed by atoms with Crippen molar-refractivity contribution in [2.45, 2.75) is 64.5 Å². The third kappa shape index (κ3) is 8.40. The van der Waals surface area contributed by atoms with Gasteiger partial charge in [0.2, 0.25) is 11.8 Å². The normalized spacial score (nSPS) is 18.3. The van der Waals surface area contributed by atoms with Gasteiger partial charge in [-0.3, -0.25) is 24.0 Å². The highest BCUT2D eigenvalue weighted by Gasteiger charge is 2.37. The van der Waals surface area contributed by atoms with Crippen molar-refractivity contribution in [3.05, 3.63) is 35.3 Å². The van der Waals surface area contributed by atoms with Gasteiger partial charge in [-0.05, 0) is 63.6 Å². The smallest absolute Gasteiger partial charge is 0.407 e. The topological polar surface area (TPSA) is 179 Å². The van der Waals surface area contributed by atoms with Gasteiger partial charge >= 0.3 is 12.1 Å². The van der Waals surface area contributed by atoms with Crippen molar-refractivity contribution in [1.82, 2.24) is 29.9 Å². The molecule has 0 saturated carbocycles. The van der Waals surface area contributed by atoms with Crippen LogP contribution in [0.3, 0.4) is 0 Å². The van der Waals surface area contributed by atoms with E-state index in [1.165, 1.54) is 26.8 Å². The molecule has 50 heavy (non-hydrogen) atoms. The fraction of sp³-hybridized carbons (Fsp3) is 0.559. The molecule has 0 aliphatic carbocycles. The Morgan fingerprint density at radius 3 is 2.34 bits per heavy atom. The molecule has 3 aliphatic rings. The molecule has 3 saturated heterocycles. The second kappa shape index (κ2) is 16.1. The van der Waals surface area contributed by atoms with E-state index in [0.717, 1.165) is 12.8 Å². The maximum atomic E-state index is 15.3. The van der Waals surface area contributed by atoms with Crippen LogP contribution in [0.25, 0.3) is 10.9 Å². The van der Waals surface area contributed by atoms with Gasteiger partial charge in [0.05, 0.1) is 17.5 Å². The highest BCUT2D eigenvalue weighted by atomic mass is 19.1. The average molecular weight is 699 g/mol. The molecule has 5 amide bonds. The molecule has 270 valence electrons. The Morgan fingerprint density at radius 2 is 1.66 bits per heavy atom. The molecule has 2 N–H and O–H groups in total. The summed E-state index contributed by atoms with van der Waals surface area (Å²) in [6.07, 6.45) is 1.68. The summed E-state index contributed by atoms with van der Waals surface area (Å²) in [5.41, 5.74) is 0.378. The van der Waals surface area contributed by atoms with Crippen molar-refractivity contribution in [1.29, 1.82) is 0 Å². The summed E-state index contributed by atoms with van der Waals surface area (Å²) in [6.45, 7) is 4.99. The number of nitrogens with one attached hydrogen (secondary N) is 1. The van der Waals surface area contributed by atoms with Gasteiger partial charge in [-0.2, -0.15) is 0 Å². The number of esters is 1. The fourth-order valence-corrected chi connectivity index (χ4v) is 6.66. The maximum Gasteiger partial charge on any atom is 0.407 e. The lowest BCUT2D eigenvalue weighted by Crippen LogP contribution is -2.55. The molecule has 5 rings (SSSR count). The van der Waals surface area contributed by atoms with Crippen LogP contribution in [-0.2, 0) is 23.9 Å². The fourth-order valence-electron chi connectivity index (χ4n) is 6.66. The number of carbonyl (C=O) groups excluding carboxylic acids is 5. The Bertz CT molecular complexity index is 1640. The minimum Gasteiger partial charge on any atom is -0.483 e. The minimum absolute atomic E-state index is 0.0442. The summed E-state index contributed by atoms with van der Waals surface area (Å²) in [7, 11) is 0. The predicted octanol–water partition coefficient (Wildman–Crippen LogP) is 1.94. The van der Waals surface area contributed by atoms with Crippen LogP contribution in [0.4, 0.5) is 9.18 Å². The van der Waals surface area contributed by atoms with E-state index < -0.39 is 54.3 Å². The molecule has 0 unspecified atom stereocenters. The molecule has 1 aromatic carbocycles. The molecule has 1 aromatic heterocycles. The number of likely N-dealkylation sites (tertiary alicyclic amines) is 2. The zero-order valence-corrected chi connectivity index (χ0v) is 28.3. The minimum atomic E-state index is -1.19. The number of hydrogen-bond acceptors (Lipinski definition) is 9. The Balaban J connectivity index is 1.35. The number of piperazine rings is 1. The number of pyridine rings is 1. The molecule has 3 fully saturated rings. The van der Waals surface area contributed by atoms with Gasteiger partial charge in [-0.25, -0.2) is 14.2 Å². The van der Waals surface area contributed by atoms with Crippen molar-refractivity contribution in [3.63, 3.8) is 0 Å². The van der Waals surface area contributed by atoms with Gasteiger partial charge in [0.1, 0.15) is 29.3 Å². The van der Waals surface area contributed by atoms with E-state index in [2.05, 4.69) is 10.3 Å². The van der Waals surface area contributed by atoms with E-state index in [1.807, 2.05) is 0 Å². The third-order valence-electron chi connectivity index (χ3n) is 9.24. The second-order valence-corrected chi connectivity index (χ2v) is 12.7. The number of amides is 5. The monoisotopic (exact) mass is 698 g/mol. The molecule has 0 spiro atoms. The van der Waals surface area contributed by atoms with Crippen LogP contribution in [0.2, 0.25) is 0 Å². The Morgan fingerprint density at radius 1 is 0.960 bits per heavy atom. The van der Waals surface area contributed by atoms with E-state index >= 15 is 4.39 Å². The van der Waals surface area contributed by atoms with Crippen LogP contribution in [0.15, 0.2) is 18.2 Å². The number of benzene rings is 1. The SMILES string of the molecule is CCOC(=O)CC[C@H](NC(=O)c1cc(OCC(=O)N2CCC[C@H]2C(=O)N2CCCC2)c2c(F)cc(C)cc2n1)C(=O)N1CCN(C(=O)O)CC1. The molecule has 4 heterocycles. The number of hydrogen-bond donors (Lipinski definition) is 2. The van der Waals surface area contributed by atoms with Gasteiger partial charge in [0, 0.05) is 58.3 Å². The molecule has 3 aliphatic heterocycles. The molecule has 0 bridgehead atoms. The number of aromatic nitrogens is 1. The van der Waals surface area contributed by atoms with E-state index in [1.54, 1.807) is 24.8 Å². The van der Waals surface area contributed by atoms with Crippen LogP contribution in [0.5, 0.6) is 5.75 Å². The van der Waals surface area contributed by atoms with Crippen LogP contribution < -0.4 is 10.1 Å². The number of carbonyl (C=O) groups is 6. The summed E-state index contributed by atoms with van der Waals surface area (Å²) >= 11 is 0. The lowest BCUT2D eigenvalue weighted by Gasteiger charge is -2.35. The molecule has 2 atom stereocenters. The number of nitrogens with zero attached hydrogens (tertiary/aromatic N) is 5. The van der Waals surface area contributed by atoms with E-state index in [9.17, 15) is 33.9 Å². The summed E-state index contributed by atoms with van der Waals surface area (Å²) in [5, 5.41) is 11.9. The number of aryl methyl sites for hydroxylation is 1. The molecule has 16 heteroatoms. The van der Waals surface area contributed by atoms with Crippen LogP contribution in [0, 0.1) is 12.7 Å². The second-order valence-electron chi connectivity index (χ2n) is 12.7. The van der Waals surface area contributed by atoms with Crippen molar-refractivity contribution >= 4 is 46.6 Å². The molecule has 0 radical (unpaired) electrons. The first kappa shape index (κ1) is 36.3. The lowest BCUT2D eigenvalue weighted by molar-refractivity contribution is -0.144. The molecular formula is C34H43FN6O9. The van der Waals surface area contributed by atoms with E-state index in [4.69, 9.17) is 9.47 Å². The first-order valence-electron chi connectivity index (χ1n) is 17.0. The highest BCUT2D eigenvalue weighted by Crippen LogP contribution is 2.30. The van der Waals surface area contributed by atoms with Crippen LogP contribution in [0.1, 0.15) is 61.5 Å². The number of carboxylic acid groups (broad SMARTS) is 1. The van der Waals surface area contributed by atoms with Gasteiger partial charge < -0.3 is 39.5 Å². The van der Waals surface area contributed by atoms with Gasteiger partial charge in [0.15, 0.2) is 6.61 Å². The number of ether oxygens (including phenoxy) is 2. The average Bonchev–Trinajstić information content (AvgIpc) is 3.81. The molecule has 15 nitrogen and oxygen atoms in total. The van der Waals surface area contributed by atoms with Gasteiger partial charge in [-0.1, -0.05) is 0 Å². The van der Waals surface area contributed by atoms with Crippen LogP contribution in [-0.4, -0.2) is 136 Å². The third-order valence-corrected chi connectivity index (χ3v) is 9.24. The standard InChI is InChI=1S/C34H43FN6O9/c1-3-49-29(43)9-8-23(32(45)39-13-15-40(16-14-39)34(47)48)37-31(44)25-19-27(30-22(35)17-21(2)18-24(30)36-25)50-20-28(42)41-12-6-7-26(41)33(46)38-10-4-5-11-38/h17-19,23,26H,3-16,20H2,1-2H3,(H,37,44)(H,47,48)/t23-,26-/m0/s1. The number of halogens is 1. The molecule has 2 aromatic rings. The largest absolute Gasteiger partial charge is 0.483 e. The predicted molar refractivity (Wildman–Crippen MR) is 176 cm³/mol. The van der Waals surface area contributed by atoms with Gasteiger partial charge in [0.25, 0.3) is 11.8 Å². The Kier molecular flexibility index (Phi) is 11.7. The van der Waals surface area contributed by atoms with Crippen molar-refractivity contribution in [2.24, 2.45) is 0 Å². The maximum absolute atomic E-state index is 15.3. The lowest BCUT2D eigenvalue weighted by atomic mass is 10.1. The summed E-state index contributed by atoms with van der Waals surface area (Å²) in [6, 6.07) is 2.24. The summed E-state index contributed by atoms with van der Waals surface area (Å²) in [4.78, 5) is 87.5. The number of fused-ring (bicyclic) bond motifs is 1. The Labute approximate surface area is 288 Å². The first-order valence-corrected chi connectivity index (χ1v) is 17.0.